The molecule has 2 aromatic rings. The third-order valence-electron chi connectivity index (χ3n) is 3.79. The molecule has 10 heteroatoms. The lowest BCUT2D eigenvalue weighted by atomic mass is 10.2. The normalized spacial score (nSPS) is 16.9. The number of nitro groups is 1. The molecule has 1 fully saturated rings. The highest BCUT2D eigenvalue weighted by atomic mass is 32.2. The van der Waals surface area contributed by atoms with Crippen molar-refractivity contribution in [3.63, 3.8) is 0 Å². The molecule has 1 aromatic carbocycles. The number of aliphatic carboxylic acids is 1. The SMILES string of the molecule is O=C(O)CSc1nnc(-c2ccc([N+](=O)[O-])cc2)n1CC1CCCO1. The lowest BCUT2D eigenvalue weighted by Gasteiger charge is -2.14. The second-order valence-corrected chi connectivity index (χ2v) is 6.48. The summed E-state index contributed by atoms with van der Waals surface area (Å²) in [5.41, 5.74) is 0.674. The number of thioether (sulfide) groups is 1. The van der Waals surface area contributed by atoms with Crippen molar-refractivity contribution < 1.29 is 19.6 Å². The summed E-state index contributed by atoms with van der Waals surface area (Å²) in [5.74, 6) is -0.518. The number of benzene rings is 1. The molecule has 0 spiro atoms. The molecule has 1 atom stereocenters. The van der Waals surface area contributed by atoms with E-state index in [1.165, 1.54) is 12.1 Å². The number of carboxylic acids is 1. The fourth-order valence-corrected chi connectivity index (χ4v) is 3.29. The van der Waals surface area contributed by atoms with E-state index in [-0.39, 0.29) is 17.5 Å². The highest BCUT2D eigenvalue weighted by Crippen LogP contribution is 2.27. The summed E-state index contributed by atoms with van der Waals surface area (Å²) in [6.07, 6.45) is 1.93. The highest BCUT2D eigenvalue weighted by Gasteiger charge is 2.22. The lowest BCUT2D eigenvalue weighted by molar-refractivity contribution is -0.384. The molecule has 1 saturated heterocycles. The average molecular weight is 364 g/mol. The Balaban J connectivity index is 1.90. The molecule has 0 amide bonds. The molecule has 1 unspecified atom stereocenters. The van der Waals surface area contributed by atoms with Crippen LogP contribution in [0.2, 0.25) is 0 Å². The van der Waals surface area contributed by atoms with Crippen molar-refractivity contribution >= 4 is 23.4 Å². The number of rotatable bonds is 7. The first-order valence-corrected chi connectivity index (χ1v) is 8.67. The van der Waals surface area contributed by atoms with Gasteiger partial charge in [0.05, 0.1) is 23.3 Å². The van der Waals surface area contributed by atoms with Gasteiger partial charge < -0.3 is 9.84 Å². The van der Waals surface area contributed by atoms with Crippen LogP contribution in [0, 0.1) is 10.1 Å². The molecule has 0 aliphatic carbocycles. The van der Waals surface area contributed by atoms with Crippen molar-refractivity contribution in [2.45, 2.75) is 30.6 Å². The van der Waals surface area contributed by atoms with E-state index in [9.17, 15) is 14.9 Å². The standard InChI is InChI=1S/C15H16N4O5S/c20-13(21)9-25-15-17-16-14(18(15)8-12-2-1-7-24-12)10-3-5-11(6-4-10)19(22)23/h3-6,12H,1-2,7-9H2,(H,20,21). The molecule has 3 rings (SSSR count). The van der Waals surface area contributed by atoms with Crippen molar-refractivity contribution in [1.82, 2.24) is 14.8 Å². The van der Waals surface area contributed by atoms with Gasteiger partial charge in [0, 0.05) is 24.3 Å². The van der Waals surface area contributed by atoms with Gasteiger partial charge in [0.15, 0.2) is 11.0 Å². The van der Waals surface area contributed by atoms with Gasteiger partial charge in [-0.05, 0) is 25.0 Å². The van der Waals surface area contributed by atoms with E-state index in [0.29, 0.717) is 29.7 Å². The summed E-state index contributed by atoms with van der Waals surface area (Å²) < 4.78 is 7.48. The Kier molecular flexibility index (Phi) is 5.29. The molecule has 1 N–H and O–H groups in total. The number of non-ortho nitro benzene ring substituents is 1. The second-order valence-electron chi connectivity index (χ2n) is 5.54. The maximum absolute atomic E-state index is 10.8. The summed E-state index contributed by atoms with van der Waals surface area (Å²) in [7, 11) is 0. The van der Waals surface area contributed by atoms with Crippen molar-refractivity contribution in [1.29, 1.82) is 0 Å². The Morgan fingerprint density at radius 3 is 2.76 bits per heavy atom. The minimum absolute atomic E-state index is 0.00517. The summed E-state index contributed by atoms with van der Waals surface area (Å²) in [5, 5.41) is 28.4. The largest absolute Gasteiger partial charge is 0.481 e. The van der Waals surface area contributed by atoms with Crippen LogP contribution < -0.4 is 0 Å². The predicted octanol–water partition coefficient (Wildman–Crippen LogP) is 2.21. The number of hydrogen-bond acceptors (Lipinski definition) is 7. The maximum Gasteiger partial charge on any atom is 0.313 e. The Morgan fingerprint density at radius 1 is 1.40 bits per heavy atom. The van der Waals surface area contributed by atoms with Crippen LogP contribution in [-0.4, -0.2) is 49.2 Å². The van der Waals surface area contributed by atoms with Crippen molar-refractivity contribution in [2.75, 3.05) is 12.4 Å². The minimum atomic E-state index is -0.937. The number of ether oxygens (including phenoxy) is 1. The third kappa shape index (κ3) is 4.15. The van der Waals surface area contributed by atoms with E-state index < -0.39 is 10.9 Å². The van der Waals surface area contributed by atoms with Crippen LogP contribution in [0.1, 0.15) is 12.8 Å². The molecule has 0 bridgehead atoms. The van der Waals surface area contributed by atoms with Gasteiger partial charge in [-0.15, -0.1) is 10.2 Å². The molecule has 0 radical (unpaired) electrons. The van der Waals surface area contributed by atoms with E-state index in [1.807, 2.05) is 4.57 Å². The number of carbonyl (C=O) groups is 1. The van der Waals surface area contributed by atoms with Gasteiger partial charge in [-0.25, -0.2) is 0 Å². The van der Waals surface area contributed by atoms with E-state index >= 15 is 0 Å². The molecule has 1 aliphatic rings. The van der Waals surface area contributed by atoms with E-state index in [1.54, 1.807) is 12.1 Å². The van der Waals surface area contributed by atoms with E-state index in [2.05, 4.69) is 10.2 Å². The van der Waals surface area contributed by atoms with Crippen LogP contribution in [0.4, 0.5) is 5.69 Å². The van der Waals surface area contributed by atoms with Crippen molar-refractivity contribution in [2.24, 2.45) is 0 Å². The van der Waals surface area contributed by atoms with Crippen LogP contribution in [-0.2, 0) is 16.1 Å². The molecule has 9 nitrogen and oxygen atoms in total. The molecule has 25 heavy (non-hydrogen) atoms. The van der Waals surface area contributed by atoms with Gasteiger partial charge >= 0.3 is 5.97 Å². The quantitative estimate of drug-likeness (QED) is 0.451. The zero-order valence-corrected chi connectivity index (χ0v) is 14.0. The van der Waals surface area contributed by atoms with Crippen LogP contribution in [0.3, 0.4) is 0 Å². The smallest absolute Gasteiger partial charge is 0.313 e. The van der Waals surface area contributed by atoms with Crippen molar-refractivity contribution in [3.05, 3.63) is 34.4 Å². The molecule has 2 heterocycles. The van der Waals surface area contributed by atoms with Crippen LogP contribution >= 0.6 is 11.8 Å². The van der Waals surface area contributed by atoms with E-state index in [4.69, 9.17) is 9.84 Å². The topological polar surface area (TPSA) is 120 Å². The Bertz CT molecular complexity index is 771. The van der Waals surface area contributed by atoms with Crippen molar-refractivity contribution in [3.8, 4) is 11.4 Å². The average Bonchev–Trinajstić information content (AvgIpc) is 3.23. The second kappa shape index (κ2) is 7.62. The predicted molar refractivity (Wildman–Crippen MR) is 89.4 cm³/mol. The summed E-state index contributed by atoms with van der Waals surface area (Å²) in [4.78, 5) is 21.2. The highest BCUT2D eigenvalue weighted by molar-refractivity contribution is 7.99. The number of hydrogen-bond donors (Lipinski definition) is 1. The molecule has 0 saturated carbocycles. The van der Waals surface area contributed by atoms with Gasteiger partial charge in [-0.2, -0.15) is 0 Å². The zero-order valence-electron chi connectivity index (χ0n) is 13.2. The monoisotopic (exact) mass is 364 g/mol. The number of nitrogens with zero attached hydrogens (tertiary/aromatic N) is 4. The minimum Gasteiger partial charge on any atom is -0.481 e. The summed E-state index contributed by atoms with van der Waals surface area (Å²) in [6.45, 7) is 1.22. The Hall–Kier alpha value is -2.46. The first-order chi connectivity index (χ1) is 12.0. The fourth-order valence-electron chi connectivity index (χ4n) is 2.62. The van der Waals surface area contributed by atoms with Gasteiger partial charge in [0.1, 0.15) is 0 Å². The first-order valence-electron chi connectivity index (χ1n) is 7.69. The molecule has 1 aliphatic heterocycles. The van der Waals surface area contributed by atoms with Crippen LogP contribution in [0.15, 0.2) is 29.4 Å². The molecular weight excluding hydrogens is 348 g/mol. The Morgan fingerprint density at radius 2 is 2.16 bits per heavy atom. The summed E-state index contributed by atoms with van der Waals surface area (Å²) >= 11 is 1.09. The van der Waals surface area contributed by atoms with Gasteiger partial charge in [0.2, 0.25) is 0 Å². The van der Waals surface area contributed by atoms with Gasteiger partial charge in [-0.1, -0.05) is 11.8 Å². The molecule has 1 aromatic heterocycles. The maximum atomic E-state index is 10.8. The van der Waals surface area contributed by atoms with Crippen LogP contribution in [0.5, 0.6) is 0 Å². The van der Waals surface area contributed by atoms with Crippen LogP contribution in [0.25, 0.3) is 11.4 Å². The molecule has 132 valence electrons. The third-order valence-corrected chi connectivity index (χ3v) is 4.74. The number of nitro benzene ring substituents is 1. The first kappa shape index (κ1) is 17.4. The van der Waals surface area contributed by atoms with E-state index in [0.717, 1.165) is 24.6 Å². The van der Waals surface area contributed by atoms with Gasteiger partial charge in [-0.3, -0.25) is 19.5 Å². The Labute approximate surface area is 147 Å². The fraction of sp³-hybridized carbons (Fsp3) is 0.400. The zero-order chi connectivity index (χ0) is 17.8. The molecular formula is C15H16N4O5S. The number of carboxylic acid groups (broad SMARTS) is 1. The lowest BCUT2D eigenvalue weighted by Crippen LogP contribution is -2.17. The van der Waals surface area contributed by atoms with Gasteiger partial charge in [0.25, 0.3) is 5.69 Å². The summed E-state index contributed by atoms with van der Waals surface area (Å²) in [6, 6.07) is 6.04. The number of aromatic nitrogens is 3.